The van der Waals surface area contributed by atoms with Crippen LogP contribution in [0.5, 0.6) is 0 Å². The number of carbonyl (C=O) groups excluding carboxylic acids is 3. The minimum atomic E-state index is -0.943. The van der Waals surface area contributed by atoms with Crippen molar-refractivity contribution in [3.63, 3.8) is 0 Å². The van der Waals surface area contributed by atoms with E-state index in [1.807, 2.05) is 60.4 Å². The maximum atomic E-state index is 13.5. The fourth-order valence-electron chi connectivity index (χ4n) is 5.31. The molecule has 2 aromatic carbocycles. The SMILES string of the molecule is C[C@H](NC(=O)[C@H](CC(=O)N1CCC[C@@H]1c1ccccc1)NC(=O)CC1CC1)c1ncc(Cc2ccccc2)[nH]1. The Morgan fingerprint density at radius 3 is 2.44 bits per heavy atom. The van der Waals surface area contributed by atoms with Gasteiger partial charge < -0.3 is 20.5 Å². The van der Waals surface area contributed by atoms with E-state index in [0.29, 0.717) is 31.1 Å². The van der Waals surface area contributed by atoms with E-state index in [0.717, 1.165) is 42.5 Å². The molecule has 3 amide bonds. The number of likely N-dealkylation sites (tertiary alicyclic amines) is 1. The fourth-order valence-corrected chi connectivity index (χ4v) is 5.31. The summed E-state index contributed by atoms with van der Waals surface area (Å²) in [5.74, 6) is 0.339. The first-order valence-electron chi connectivity index (χ1n) is 14.0. The Bertz CT molecular complexity index is 1270. The molecule has 1 aromatic heterocycles. The van der Waals surface area contributed by atoms with Gasteiger partial charge in [-0.25, -0.2) is 4.98 Å². The third-order valence-electron chi connectivity index (χ3n) is 7.61. The van der Waals surface area contributed by atoms with Crippen LogP contribution in [-0.2, 0) is 20.8 Å². The monoisotopic (exact) mass is 527 g/mol. The van der Waals surface area contributed by atoms with Gasteiger partial charge in [-0.2, -0.15) is 0 Å². The topological polar surface area (TPSA) is 107 Å². The highest BCUT2D eigenvalue weighted by atomic mass is 16.2. The number of nitrogens with one attached hydrogen (secondary N) is 3. The highest BCUT2D eigenvalue weighted by Crippen LogP contribution is 2.33. The number of imidazole rings is 1. The van der Waals surface area contributed by atoms with E-state index in [4.69, 9.17) is 0 Å². The highest BCUT2D eigenvalue weighted by molar-refractivity contribution is 5.92. The molecule has 3 aromatic rings. The van der Waals surface area contributed by atoms with Crippen LogP contribution in [0.15, 0.2) is 66.9 Å². The lowest BCUT2D eigenvalue weighted by molar-refractivity contribution is -0.137. The first-order chi connectivity index (χ1) is 19.0. The number of aromatic amines is 1. The summed E-state index contributed by atoms with van der Waals surface area (Å²) in [5.41, 5.74) is 3.21. The summed E-state index contributed by atoms with van der Waals surface area (Å²) in [5, 5.41) is 5.83. The van der Waals surface area contributed by atoms with Crippen molar-refractivity contribution in [2.24, 2.45) is 5.92 Å². The molecule has 1 aliphatic carbocycles. The number of H-pyrrole nitrogens is 1. The van der Waals surface area contributed by atoms with Crippen LogP contribution in [0.25, 0.3) is 0 Å². The fraction of sp³-hybridized carbons (Fsp3) is 0.419. The number of amides is 3. The number of benzene rings is 2. The molecule has 0 radical (unpaired) electrons. The van der Waals surface area contributed by atoms with Gasteiger partial charge in [0.2, 0.25) is 17.7 Å². The summed E-state index contributed by atoms with van der Waals surface area (Å²) in [6.07, 6.45) is 6.69. The van der Waals surface area contributed by atoms with Gasteiger partial charge in [0.05, 0.1) is 18.5 Å². The minimum Gasteiger partial charge on any atom is -0.345 e. The van der Waals surface area contributed by atoms with Crippen molar-refractivity contribution >= 4 is 17.7 Å². The van der Waals surface area contributed by atoms with Gasteiger partial charge >= 0.3 is 0 Å². The number of carbonyl (C=O) groups is 3. The zero-order valence-electron chi connectivity index (χ0n) is 22.4. The van der Waals surface area contributed by atoms with Gasteiger partial charge in [-0.3, -0.25) is 14.4 Å². The Morgan fingerprint density at radius 1 is 1.00 bits per heavy atom. The number of nitrogens with zero attached hydrogens (tertiary/aromatic N) is 2. The summed E-state index contributed by atoms with van der Waals surface area (Å²) >= 11 is 0. The van der Waals surface area contributed by atoms with Crippen molar-refractivity contribution in [2.75, 3.05) is 6.54 Å². The molecule has 39 heavy (non-hydrogen) atoms. The van der Waals surface area contributed by atoms with Gasteiger partial charge in [0.15, 0.2) is 0 Å². The third kappa shape index (κ3) is 7.13. The predicted molar refractivity (Wildman–Crippen MR) is 148 cm³/mol. The van der Waals surface area contributed by atoms with Crippen molar-refractivity contribution in [1.29, 1.82) is 0 Å². The van der Waals surface area contributed by atoms with Gasteiger partial charge in [-0.1, -0.05) is 60.7 Å². The van der Waals surface area contributed by atoms with Crippen LogP contribution in [0, 0.1) is 5.92 Å². The molecule has 1 aliphatic heterocycles. The Kier molecular flexibility index (Phi) is 8.39. The second-order valence-corrected chi connectivity index (χ2v) is 10.8. The zero-order valence-corrected chi connectivity index (χ0v) is 22.4. The molecule has 1 saturated heterocycles. The number of aromatic nitrogens is 2. The zero-order chi connectivity index (χ0) is 27.2. The Hall–Kier alpha value is -3.94. The lowest BCUT2D eigenvalue weighted by Gasteiger charge is -2.27. The van der Waals surface area contributed by atoms with Crippen LogP contribution in [0.1, 0.15) is 80.2 Å². The molecular formula is C31H37N5O3. The predicted octanol–water partition coefficient (Wildman–Crippen LogP) is 4.22. The Balaban J connectivity index is 1.24. The van der Waals surface area contributed by atoms with Crippen molar-refractivity contribution in [3.05, 3.63) is 89.5 Å². The summed E-state index contributed by atoms with van der Waals surface area (Å²) in [6, 6.07) is 18.7. The molecular weight excluding hydrogens is 490 g/mol. The first kappa shape index (κ1) is 26.7. The normalized spacial score (nSPS) is 18.4. The van der Waals surface area contributed by atoms with Crippen LogP contribution in [0.2, 0.25) is 0 Å². The highest BCUT2D eigenvalue weighted by Gasteiger charge is 2.34. The Labute approximate surface area is 229 Å². The Morgan fingerprint density at radius 2 is 1.72 bits per heavy atom. The lowest BCUT2D eigenvalue weighted by Crippen LogP contribution is -2.50. The van der Waals surface area contributed by atoms with E-state index in [-0.39, 0.29) is 30.2 Å². The van der Waals surface area contributed by atoms with Crippen LogP contribution in [-0.4, -0.2) is 45.2 Å². The molecule has 1 saturated carbocycles. The number of hydrogen-bond donors (Lipinski definition) is 3. The molecule has 3 N–H and O–H groups in total. The van der Waals surface area contributed by atoms with E-state index in [1.165, 1.54) is 0 Å². The van der Waals surface area contributed by atoms with E-state index < -0.39 is 12.1 Å². The van der Waals surface area contributed by atoms with Crippen LogP contribution in [0.3, 0.4) is 0 Å². The van der Waals surface area contributed by atoms with Crippen molar-refractivity contribution in [2.45, 2.75) is 70.0 Å². The second kappa shape index (κ2) is 12.3. The standard InChI is InChI=1S/C31H37N5O3/c1-21(30-32-20-25(34-30)17-22-9-4-2-5-10-22)33-31(39)26(35-28(37)18-23-14-15-23)19-29(38)36-16-8-13-27(36)24-11-6-3-7-12-24/h2-7,9-12,20-21,23,26-27H,8,13-19H2,1H3,(H,32,34)(H,33,39)(H,35,37)/t21-,26-,27+/m0/s1. The van der Waals surface area contributed by atoms with Crippen LogP contribution < -0.4 is 10.6 Å². The molecule has 0 bridgehead atoms. The van der Waals surface area contributed by atoms with E-state index >= 15 is 0 Å². The van der Waals surface area contributed by atoms with Crippen molar-refractivity contribution in [3.8, 4) is 0 Å². The molecule has 3 atom stereocenters. The van der Waals surface area contributed by atoms with Gasteiger partial charge in [0.1, 0.15) is 11.9 Å². The smallest absolute Gasteiger partial charge is 0.243 e. The van der Waals surface area contributed by atoms with Crippen LogP contribution >= 0.6 is 0 Å². The largest absolute Gasteiger partial charge is 0.345 e. The van der Waals surface area contributed by atoms with E-state index in [2.05, 4.69) is 32.7 Å². The van der Waals surface area contributed by atoms with Gasteiger partial charge in [-0.15, -0.1) is 0 Å². The minimum absolute atomic E-state index is 0.00495. The average molecular weight is 528 g/mol. The molecule has 2 fully saturated rings. The third-order valence-corrected chi connectivity index (χ3v) is 7.61. The molecule has 204 valence electrons. The molecule has 5 rings (SSSR count). The molecule has 0 spiro atoms. The van der Waals surface area contributed by atoms with E-state index in [1.54, 1.807) is 6.20 Å². The maximum Gasteiger partial charge on any atom is 0.243 e. The average Bonchev–Trinajstić information content (AvgIpc) is 3.40. The van der Waals surface area contributed by atoms with Crippen LogP contribution in [0.4, 0.5) is 0 Å². The number of rotatable bonds is 11. The second-order valence-electron chi connectivity index (χ2n) is 10.8. The molecule has 8 heteroatoms. The quantitative estimate of drug-likeness (QED) is 0.347. The summed E-state index contributed by atoms with van der Waals surface area (Å²) in [6.45, 7) is 2.50. The maximum absolute atomic E-state index is 13.5. The van der Waals surface area contributed by atoms with E-state index in [9.17, 15) is 14.4 Å². The van der Waals surface area contributed by atoms with Crippen molar-refractivity contribution in [1.82, 2.24) is 25.5 Å². The molecule has 8 nitrogen and oxygen atoms in total. The van der Waals surface area contributed by atoms with Crippen molar-refractivity contribution < 1.29 is 14.4 Å². The number of hydrogen-bond acceptors (Lipinski definition) is 4. The first-order valence-corrected chi connectivity index (χ1v) is 14.0. The molecule has 0 unspecified atom stereocenters. The van der Waals surface area contributed by atoms with Gasteiger partial charge in [0, 0.05) is 31.3 Å². The lowest BCUT2D eigenvalue weighted by atomic mass is 10.0. The van der Waals surface area contributed by atoms with Gasteiger partial charge in [-0.05, 0) is 49.7 Å². The summed E-state index contributed by atoms with van der Waals surface area (Å²) in [4.78, 5) is 49.2. The van der Waals surface area contributed by atoms with Gasteiger partial charge in [0.25, 0.3) is 0 Å². The molecule has 2 heterocycles. The summed E-state index contributed by atoms with van der Waals surface area (Å²) in [7, 11) is 0. The molecule has 2 aliphatic rings. The summed E-state index contributed by atoms with van der Waals surface area (Å²) < 4.78 is 0.